The average molecular weight is 343 g/mol. The third-order valence-corrected chi connectivity index (χ3v) is 4.70. The van der Waals surface area contributed by atoms with Crippen LogP contribution in [0.2, 0.25) is 0 Å². The van der Waals surface area contributed by atoms with Crippen LogP contribution in [0.25, 0.3) is 5.69 Å². The highest BCUT2D eigenvalue weighted by molar-refractivity contribution is 5.78. The highest BCUT2D eigenvalue weighted by atomic mass is 16.5. The maximum absolute atomic E-state index is 12.5. The maximum atomic E-state index is 12.5. The number of likely N-dealkylation sites (N-methyl/N-ethyl adjacent to an activating group) is 1. The van der Waals surface area contributed by atoms with E-state index < -0.39 is 0 Å². The third kappa shape index (κ3) is 4.24. The second-order valence-electron chi connectivity index (χ2n) is 6.54. The van der Waals surface area contributed by atoms with E-state index in [2.05, 4.69) is 34.0 Å². The van der Waals surface area contributed by atoms with Crippen LogP contribution in [0.15, 0.2) is 36.9 Å². The Morgan fingerprint density at radius 2 is 2.16 bits per heavy atom. The van der Waals surface area contributed by atoms with Gasteiger partial charge in [-0.05, 0) is 38.6 Å². The fraction of sp³-hybridized carbons (Fsp3) is 0.500. The lowest BCUT2D eigenvalue weighted by molar-refractivity contribution is -0.139. The van der Waals surface area contributed by atoms with E-state index in [-0.39, 0.29) is 18.1 Å². The molecule has 7 nitrogen and oxygen atoms in total. The van der Waals surface area contributed by atoms with Gasteiger partial charge in [-0.15, -0.1) is 0 Å². The summed E-state index contributed by atoms with van der Waals surface area (Å²) < 4.78 is 7.23. The van der Waals surface area contributed by atoms with Crippen molar-refractivity contribution in [2.75, 3.05) is 33.3 Å². The number of aromatic nitrogens is 3. The minimum absolute atomic E-state index is 0.116. The van der Waals surface area contributed by atoms with Gasteiger partial charge in [-0.3, -0.25) is 9.69 Å². The summed E-state index contributed by atoms with van der Waals surface area (Å²) in [6.07, 6.45) is 3.30. The van der Waals surface area contributed by atoms with Gasteiger partial charge in [-0.25, -0.2) is 9.67 Å². The van der Waals surface area contributed by atoms with Gasteiger partial charge in [-0.1, -0.05) is 12.1 Å². The Morgan fingerprint density at radius 1 is 1.40 bits per heavy atom. The molecule has 0 radical (unpaired) electrons. The van der Waals surface area contributed by atoms with Gasteiger partial charge in [0.2, 0.25) is 5.91 Å². The molecule has 1 aliphatic rings. The minimum atomic E-state index is 0.116. The van der Waals surface area contributed by atoms with Gasteiger partial charge in [0.05, 0.1) is 24.9 Å². The number of carbonyl (C=O) groups is 1. The van der Waals surface area contributed by atoms with Crippen LogP contribution in [0.1, 0.15) is 25.5 Å². The van der Waals surface area contributed by atoms with E-state index in [1.165, 1.54) is 6.33 Å². The molecule has 2 aromatic rings. The van der Waals surface area contributed by atoms with Gasteiger partial charge < -0.3 is 9.64 Å². The molecule has 0 N–H and O–H groups in total. The lowest BCUT2D eigenvalue weighted by Crippen LogP contribution is -2.48. The maximum Gasteiger partial charge on any atom is 0.236 e. The summed E-state index contributed by atoms with van der Waals surface area (Å²) in [5, 5.41) is 4.13. The third-order valence-electron chi connectivity index (χ3n) is 4.70. The molecule has 3 rings (SSSR count). The number of morpholine rings is 1. The van der Waals surface area contributed by atoms with Gasteiger partial charge in [-0.2, -0.15) is 5.10 Å². The molecule has 1 amide bonds. The van der Waals surface area contributed by atoms with Crippen LogP contribution in [0, 0.1) is 0 Å². The number of amides is 1. The van der Waals surface area contributed by atoms with Crippen molar-refractivity contribution >= 4 is 5.91 Å². The molecule has 25 heavy (non-hydrogen) atoms. The Labute approximate surface area is 148 Å². The Bertz CT molecular complexity index is 686. The molecular formula is C18H25N5O2. The lowest BCUT2D eigenvalue weighted by atomic mass is 10.1. The number of hydrogen-bond acceptors (Lipinski definition) is 5. The van der Waals surface area contributed by atoms with E-state index in [1.807, 2.05) is 31.0 Å². The van der Waals surface area contributed by atoms with Crippen LogP contribution in [0.3, 0.4) is 0 Å². The van der Waals surface area contributed by atoms with Gasteiger partial charge >= 0.3 is 0 Å². The standard InChI is InChI=1S/C18H25N5O2/c1-14-10-22(8-9-25-14)18(24)11-21(3)15(2)16-4-6-17(7-5-16)23-13-19-12-20-23/h4-7,12-15H,8-11H2,1-3H3/t14-,15-/m1/s1. The smallest absolute Gasteiger partial charge is 0.236 e. The molecule has 0 unspecified atom stereocenters. The molecule has 1 fully saturated rings. The minimum Gasteiger partial charge on any atom is -0.375 e. The molecule has 2 atom stereocenters. The van der Waals surface area contributed by atoms with E-state index in [1.54, 1.807) is 11.0 Å². The van der Waals surface area contributed by atoms with Crippen LogP contribution in [-0.4, -0.2) is 69.9 Å². The molecule has 1 aromatic heterocycles. The summed E-state index contributed by atoms with van der Waals surface area (Å²) in [5.74, 6) is 0.156. The molecule has 0 bridgehead atoms. The molecular weight excluding hydrogens is 318 g/mol. The van der Waals surface area contributed by atoms with Crippen LogP contribution in [0.4, 0.5) is 0 Å². The van der Waals surface area contributed by atoms with Crippen LogP contribution in [-0.2, 0) is 9.53 Å². The molecule has 134 valence electrons. The summed E-state index contributed by atoms with van der Waals surface area (Å²) in [4.78, 5) is 20.4. The van der Waals surface area contributed by atoms with Crippen molar-refractivity contribution in [2.24, 2.45) is 0 Å². The van der Waals surface area contributed by atoms with Crippen LogP contribution < -0.4 is 0 Å². The van der Waals surface area contributed by atoms with Crippen molar-refractivity contribution in [3.63, 3.8) is 0 Å². The van der Waals surface area contributed by atoms with E-state index in [4.69, 9.17) is 4.74 Å². The van der Waals surface area contributed by atoms with Crippen molar-refractivity contribution in [3.05, 3.63) is 42.5 Å². The van der Waals surface area contributed by atoms with Gasteiger partial charge in [0.1, 0.15) is 12.7 Å². The van der Waals surface area contributed by atoms with Gasteiger partial charge in [0.25, 0.3) is 0 Å². The first kappa shape index (κ1) is 17.6. The second-order valence-corrected chi connectivity index (χ2v) is 6.54. The zero-order valence-corrected chi connectivity index (χ0v) is 15.0. The first-order valence-corrected chi connectivity index (χ1v) is 8.59. The van der Waals surface area contributed by atoms with Crippen molar-refractivity contribution < 1.29 is 9.53 Å². The highest BCUT2D eigenvalue weighted by Crippen LogP contribution is 2.20. The molecule has 1 aromatic carbocycles. The van der Waals surface area contributed by atoms with E-state index in [0.717, 1.165) is 11.3 Å². The number of ether oxygens (including phenoxy) is 1. The summed E-state index contributed by atoms with van der Waals surface area (Å²) in [6, 6.07) is 8.31. The normalized spacial score (nSPS) is 19.2. The molecule has 2 heterocycles. The Morgan fingerprint density at radius 3 is 2.80 bits per heavy atom. The first-order valence-electron chi connectivity index (χ1n) is 8.59. The van der Waals surface area contributed by atoms with Crippen molar-refractivity contribution in [1.29, 1.82) is 0 Å². The first-order chi connectivity index (χ1) is 12.0. The predicted octanol–water partition coefficient (Wildman–Crippen LogP) is 1.51. The highest BCUT2D eigenvalue weighted by Gasteiger charge is 2.23. The Hall–Kier alpha value is -2.25. The van der Waals surface area contributed by atoms with Gasteiger partial charge in [0, 0.05) is 19.1 Å². The quantitative estimate of drug-likeness (QED) is 0.823. The van der Waals surface area contributed by atoms with Crippen molar-refractivity contribution in [3.8, 4) is 5.69 Å². The Balaban J connectivity index is 1.60. The molecule has 0 aliphatic carbocycles. The van der Waals surface area contributed by atoms with Crippen LogP contribution in [0.5, 0.6) is 0 Å². The second kappa shape index (κ2) is 7.76. The topological polar surface area (TPSA) is 63.5 Å². The number of nitrogens with zero attached hydrogens (tertiary/aromatic N) is 5. The molecule has 7 heteroatoms. The molecule has 0 saturated carbocycles. The number of hydrogen-bond donors (Lipinski definition) is 0. The number of rotatable bonds is 5. The molecule has 1 aliphatic heterocycles. The van der Waals surface area contributed by atoms with E-state index in [9.17, 15) is 4.79 Å². The summed E-state index contributed by atoms with van der Waals surface area (Å²) in [6.45, 7) is 6.49. The molecule has 0 spiro atoms. The summed E-state index contributed by atoms with van der Waals surface area (Å²) in [7, 11) is 1.98. The van der Waals surface area contributed by atoms with Gasteiger partial charge in [0.15, 0.2) is 0 Å². The monoisotopic (exact) mass is 343 g/mol. The largest absolute Gasteiger partial charge is 0.375 e. The zero-order valence-electron chi connectivity index (χ0n) is 15.0. The number of carbonyl (C=O) groups excluding carboxylic acids is 1. The van der Waals surface area contributed by atoms with Crippen LogP contribution >= 0.6 is 0 Å². The molecule has 1 saturated heterocycles. The number of benzene rings is 1. The predicted molar refractivity (Wildman–Crippen MR) is 94.4 cm³/mol. The van der Waals surface area contributed by atoms with Crippen molar-refractivity contribution in [1.82, 2.24) is 24.6 Å². The summed E-state index contributed by atoms with van der Waals surface area (Å²) in [5.41, 5.74) is 2.13. The average Bonchev–Trinajstić information content (AvgIpc) is 3.16. The van der Waals surface area contributed by atoms with E-state index >= 15 is 0 Å². The fourth-order valence-electron chi connectivity index (χ4n) is 3.00. The zero-order chi connectivity index (χ0) is 17.8. The Kier molecular flexibility index (Phi) is 5.45. The SMILES string of the molecule is C[C@@H]1CN(C(=O)CN(C)[C@H](C)c2ccc(-n3cncn3)cc2)CCO1. The summed E-state index contributed by atoms with van der Waals surface area (Å²) >= 11 is 0. The van der Waals surface area contributed by atoms with E-state index in [0.29, 0.717) is 26.2 Å². The fourth-order valence-corrected chi connectivity index (χ4v) is 3.00. The van der Waals surface area contributed by atoms with Crippen molar-refractivity contribution in [2.45, 2.75) is 26.0 Å². The lowest BCUT2D eigenvalue weighted by Gasteiger charge is -2.33.